The number of benzene rings is 2. The van der Waals surface area contributed by atoms with Gasteiger partial charge in [-0.2, -0.15) is 0 Å². The lowest BCUT2D eigenvalue weighted by atomic mass is 9.82. The summed E-state index contributed by atoms with van der Waals surface area (Å²) in [5.41, 5.74) is -0.317. The normalized spacial score (nSPS) is 18.3. The number of hydrogen-bond donors (Lipinski definition) is 0. The molecule has 2 amide bonds. The maximum Gasteiger partial charge on any atom is 0.329 e. The Morgan fingerprint density at radius 2 is 0.912 bits per heavy atom. The molecule has 2 aromatic rings. The first kappa shape index (κ1) is 55.7. The summed E-state index contributed by atoms with van der Waals surface area (Å²) in [5.74, 6) is -3.00. The van der Waals surface area contributed by atoms with Crippen LogP contribution < -0.4 is 0 Å². The van der Waals surface area contributed by atoms with Gasteiger partial charge in [0.2, 0.25) is 11.6 Å². The first-order chi connectivity index (χ1) is 32.1. The number of likely N-dealkylation sites (tertiary alicyclic amines) is 2. The molecule has 0 aromatic heterocycles. The summed E-state index contributed by atoms with van der Waals surface area (Å²) in [6.45, 7) is 20.0. The molecule has 374 valence electrons. The van der Waals surface area contributed by atoms with E-state index in [9.17, 15) is 28.8 Å². The summed E-state index contributed by atoms with van der Waals surface area (Å²) >= 11 is 0. The van der Waals surface area contributed by atoms with E-state index >= 15 is 0 Å². The van der Waals surface area contributed by atoms with Crippen molar-refractivity contribution in [1.82, 2.24) is 9.80 Å². The van der Waals surface area contributed by atoms with Crippen LogP contribution in [-0.2, 0) is 51.1 Å². The van der Waals surface area contributed by atoms with Crippen molar-refractivity contribution >= 4 is 35.3 Å². The second kappa shape index (κ2) is 25.7. The lowest BCUT2D eigenvalue weighted by Gasteiger charge is -2.38. The SMILES string of the molecule is CCC(C)(C)C(=O)C(=O)N1CCCCC1C(=O)O[C@H](CCc1ccccc1)C(C)(C)/C=C/CCCC/C=C/C(C)(C)[C@@H](CCc1ccccc1)OC(=O)C1CCCCN1C(=O)C(=O)C(C)(C)CC. The van der Waals surface area contributed by atoms with E-state index in [4.69, 9.17) is 9.47 Å². The molecule has 10 heteroatoms. The minimum absolute atomic E-state index is 0.363. The molecule has 4 atom stereocenters. The Morgan fingerprint density at radius 3 is 1.25 bits per heavy atom. The van der Waals surface area contributed by atoms with Crippen molar-refractivity contribution in [3.63, 3.8) is 0 Å². The Kier molecular flexibility index (Phi) is 21.0. The standard InChI is InChI=1S/C58H84N2O8/c1-11-55(3,4)49(61)51(63)59-41-27-23-33-45(59)53(65)67-47(37-35-43-29-19-17-20-30-43)57(7,8)39-25-15-13-14-16-26-40-58(9,10)48(38-36-44-31-21-18-22-32-44)68-54(66)46-34-24-28-42-60(46)52(64)50(62)56(5,6)12-2/h17-22,25-26,29-32,39-40,45-48H,11-16,23-24,27-28,33-38,41-42H2,1-10H3/b39-25+,40-26+/t45?,46?,47-,48-/m1/s1. The molecular weight excluding hydrogens is 853 g/mol. The number of allylic oxidation sites excluding steroid dienone is 2. The highest BCUT2D eigenvalue weighted by atomic mass is 16.6. The van der Waals surface area contributed by atoms with E-state index in [1.54, 1.807) is 27.7 Å². The number of piperidine rings is 2. The molecule has 4 rings (SSSR count). The lowest BCUT2D eigenvalue weighted by molar-refractivity contribution is -0.167. The van der Waals surface area contributed by atoms with Gasteiger partial charge in [0.1, 0.15) is 24.3 Å². The zero-order valence-corrected chi connectivity index (χ0v) is 43.3. The van der Waals surface area contributed by atoms with Crippen LogP contribution in [0, 0.1) is 21.7 Å². The summed E-state index contributed by atoms with van der Waals surface area (Å²) in [6, 6.07) is 18.7. The number of ketones is 2. The number of hydrogen-bond acceptors (Lipinski definition) is 8. The Balaban J connectivity index is 1.40. The molecule has 2 saturated heterocycles. The van der Waals surface area contributed by atoms with E-state index < -0.39 is 81.3 Å². The molecule has 2 aliphatic heterocycles. The fourth-order valence-corrected chi connectivity index (χ4v) is 9.00. The van der Waals surface area contributed by atoms with Crippen molar-refractivity contribution in [2.24, 2.45) is 21.7 Å². The average Bonchev–Trinajstić information content (AvgIpc) is 3.34. The predicted octanol–water partition coefficient (Wildman–Crippen LogP) is 11.6. The third kappa shape index (κ3) is 15.8. The zero-order chi connectivity index (χ0) is 50.1. The molecule has 0 saturated carbocycles. The first-order valence-corrected chi connectivity index (χ1v) is 25.7. The van der Waals surface area contributed by atoms with Gasteiger partial charge in [-0.1, -0.05) is 154 Å². The average molecular weight is 937 g/mol. The van der Waals surface area contributed by atoms with Gasteiger partial charge in [-0.05, 0) is 114 Å². The van der Waals surface area contributed by atoms with Crippen molar-refractivity contribution < 1.29 is 38.2 Å². The van der Waals surface area contributed by atoms with Crippen LogP contribution in [0.1, 0.15) is 170 Å². The van der Waals surface area contributed by atoms with Crippen molar-refractivity contribution in [2.75, 3.05) is 13.1 Å². The maximum atomic E-state index is 14.0. The van der Waals surface area contributed by atoms with Gasteiger partial charge in [0, 0.05) is 34.7 Å². The Bertz CT molecular complexity index is 1890. The number of carbonyl (C=O) groups is 6. The second-order valence-electron chi connectivity index (χ2n) is 21.8. The number of amides is 2. The van der Waals surface area contributed by atoms with E-state index in [-0.39, 0.29) is 0 Å². The summed E-state index contributed by atoms with van der Waals surface area (Å²) < 4.78 is 12.8. The topological polar surface area (TPSA) is 127 Å². The molecule has 10 nitrogen and oxygen atoms in total. The van der Waals surface area contributed by atoms with E-state index in [0.29, 0.717) is 51.6 Å². The largest absolute Gasteiger partial charge is 0.460 e. The van der Waals surface area contributed by atoms with Gasteiger partial charge in [-0.15, -0.1) is 0 Å². The highest BCUT2D eigenvalue weighted by molar-refractivity contribution is 6.38. The van der Waals surface area contributed by atoms with Crippen LogP contribution in [0.5, 0.6) is 0 Å². The minimum atomic E-state index is -0.804. The summed E-state index contributed by atoms with van der Waals surface area (Å²) in [6.07, 6.45) is 19.0. The van der Waals surface area contributed by atoms with E-state index in [1.165, 1.54) is 9.80 Å². The predicted molar refractivity (Wildman–Crippen MR) is 270 cm³/mol. The fraction of sp³-hybridized carbons (Fsp3) is 0.621. The van der Waals surface area contributed by atoms with Crippen molar-refractivity contribution in [1.29, 1.82) is 0 Å². The Labute approximate surface area is 409 Å². The van der Waals surface area contributed by atoms with E-state index in [2.05, 4.69) is 76.3 Å². The van der Waals surface area contributed by atoms with Gasteiger partial charge in [-0.25, -0.2) is 9.59 Å². The monoisotopic (exact) mass is 937 g/mol. The molecule has 0 N–H and O–H groups in total. The zero-order valence-electron chi connectivity index (χ0n) is 43.3. The minimum Gasteiger partial charge on any atom is -0.460 e. The van der Waals surface area contributed by atoms with Crippen LogP contribution in [0.4, 0.5) is 0 Å². The first-order valence-electron chi connectivity index (χ1n) is 25.7. The molecule has 68 heavy (non-hydrogen) atoms. The molecular formula is C58H84N2O8. The van der Waals surface area contributed by atoms with Crippen molar-refractivity contribution in [3.05, 3.63) is 96.1 Å². The van der Waals surface area contributed by atoms with Gasteiger partial charge in [0.05, 0.1) is 0 Å². The summed E-state index contributed by atoms with van der Waals surface area (Å²) in [5, 5.41) is 0. The smallest absolute Gasteiger partial charge is 0.329 e. The highest BCUT2D eigenvalue weighted by Gasteiger charge is 2.44. The van der Waals surface area contributed by atoms with Gasteiger partial charge in [0.15, 0.2) is 0 Å². The van der Waals surface area contributed by atoms with Gasteiger partial charge in [0.25, 0.3) is 11.8 Å². The number of nitrogens with zero attached hydrogens (tertiary/aromatic N) is 2. The number of carbonyl (C=O) groups excluding carboxylic acids is 6. The molecule has 2 aliphatic rings. The third-order valence-corrected chi connectivity index (χ3v) is 14.8. The molecule has 0 bridgehead atoms. The number of aryl methyl sites for hydroxylation is 2. The number of esters is 2. The quantitative estimate of drug-likeness (QED) is 0.0417. The molecule has 2 aromatic carbocycles. The summed E-state index contributed by atoms with van der Waals surface area (Å²) in [7, 11) is 0. The van der Waals surface area contributed by atoms with Crippen LogP contribution in [0.15, 0.2) is 85.0 Å². The van der Waals surface area contributed by atoms with Crippen LogP contribution in [-0.4, -0.2) is 82.5 Å². The molecule has 0 radical (unpaired) electrons. The van der Waals surface area contributed by atoms with Gasteiger partial charge in [-0.3, -0.25) is 19.2 Å². The van der Waals surface area contributed by atoms with Crippen molar-refractivity contribution in [3.8, 4) is 0 Å². The van der Waals surface area contributed by atoms with Crippen LogP contribution in [0.2, 0.25) is 0 Å². The Hall–Kier alpha value is -4.86. The molecule has 2 unspecified atom stereocenters. The van der Waals surface area contributed by atoms with Crippen LogP contribution in [0.25, 0.3) is 0 Å². The molecule has 0 spiro atoms. The fourth-order valence-electron chi connectivity index (χ4n) is 9.00. The molecule has 2 fully saturated rings. The number of ether oxygens (including phenoxy) is 2. The maximum absolute atomic E-state index is 14.0. The second-order valence-corrected chi connectivity index (χ2v) is 21.8. The Morgan fingerprint density at radius 1 is 0.559 bits per heavy atom. The number of unbranched alkanes of at least 4 members (excludes halogenated alkanes) is 3. The van der Waals surface area contributed by atoms with E-state index in [1.807, 2.05) is 50.2 Å². The summed E-state index contributed by atoms with van der Waals surface area (Å²) in [4.78, 5) is 84.5. The number of Topliss-reactive ketones (excluding diaryl/α,β-unsaturated/α-hetero) is 2. The third-order valence-electron chi connectivity index (χ3n) is 14.8. The lowest BCUT2D eigenvalue weighted by Crippen LogP contribution is -2.54. The van der Waals surface area contributed by atoms with Crippen LogP contribution >= 0.6 is 0 Å². The van der Waals surface area contributed by atoms with E-state index in [0.717, 1.165) is 75.3 Å². The molecule has 2 heterocycles. The van der Waals surface area contributed by atoms with Crippen LogP contribution in [0.3, 0.4) is 0 Å². The van der Waals surface area contributed by atoms with Gasteiger partial charge < -0.3 is 19.3 Å². The number of rotatable bonds is 25. The molecule has 0 aliphatic carbocycles. The highest BCUT2D eigenvalue weighted by Crippen LogP contribution is 2.34. The van der Waals surface area contributed by atoms with Crippen molar-refractivity contribution in [2.45, 2.75) is 196 Å². The van der Waals surface area contributed by atoms with Gasteiger partial charge >= 0.3 is 11.9 Å².